The summed E-state index contributed by atoms with van der Waals surface area (Å²) in [5.41, 5.74) is 2.48. The Bertz CT molecular complexity index is 1430. The van der Waals surface area contributed by atoms with Gasteiger partial charge in [-0.1, -0.05) is 37.3 Å². The Balaban J connectivity index is 1.73. The van der Waals surface area contributed by atoms with Gasteiger partial charge in [-0.3, -0.25) is 0 Å². The van der Waals surface area contributed by atoms with Crippen molar-refractivity contribution in [1.29, 1.82) is 0 Å². The highest BCUT2D eigenvalue weighted by atomic mass is 32.2. The molecule has 3 aromatic rings. The predicted octanol–water partition coefficient (Wildman–Crippen LogP) is 6.22. The highest BCUT2D eigenvalue weighted by molar-refractivity contribution is 7.91. The molecule has 234 valence electrons. The third-order valence-corrected chi connectivity index (χ3v) is 9.07. The van der Waals surface area contributed by atoms with Crippen LogP contribution in [0.2, 0.25) is 0 Å². The van der Waals surface area contributed by atoms with Crippen LogP contribution in [0.15, 0.2) is 59.5 Å². The summed E-state index contributed by atoms with van der Waals surface area (Å²) in [7, 11) is 0.858. The summed E-state index contributed by atoms with van der Waals surface area (Å²) >= 11 is 0. The lowest BCUT2D eigenvalue weighted by Gasteiger charge is -2.21. The lowest BCUT2D eigenvalue weighted by Crippen LogP contribution is -2.15. The van der Waals surface area contributed by atoms with Crippen molar-refractivity contribution in [1.82, 2.24) is 0 Å². The molecule has 10 heteroatoms. The molecule has 0 saturated carbocycles. The lowest BCUT2D eigenvalue weighted by atomic mass is 10.0. The maximum atomic E-state index is 13.7. The van der Waals surface area contributed by atoms with E-state index in [1.807, 2.05) is 55.5 Å². The molecule has 1 aliphatic heterocycles. The topological polar surface area (TPSA) is 110 Å². The molecule has 0 aliphatic carbocycles. The molecule has 1 aliphatic rings. The van der Waals surface area contributed by atoms with Gasteiger partial charge in [-0.25, -0.2) is 8.42 Å². The minimum atomic E-state index is -3.83. The molecule has 0 aromatic heterocycles. The van der Waals surface area contributed by atoms with Crippen LogP contribution in [0.3, 0.4) is 0 Å². The van der Waals surface area contributed by atoms with Crippen molar-refractivity contribution < 1.29 is 41.9 Å². The van der Waals surface area contributed by atoms with Crippen molar-refractivity contribution in [2.45, 2.75) is 69.3 Å². The summed E-state index contributed by atoms with van der Waals surface area (Å²) in [6.07, 6.45) is 0.707. The van der Waals surface area contributed by atoms with E-state index in [1.165, 1.54) is 0 Å². The molecule has 3 atom stereocenters. The zero-order valence-electron chi connectivity index (χ0n) is 25.5. The van der Waals surface area contributed by atoms with Gasteiger partial charge in [0.25, 0.3) is 0 Å². The molecule has 3 unspecified atom stereocenters. The average Bonchev–Trinajstić information content (AvgIpc) is 3.52. The number of hydrogen-bond donors (Lipinski definition) is 1. The normalized spacial score (nSPS) is 17.3. The fourth-order valence-electron chi connectivity index (χ4n) is 5.05. The van der Waals surface area contributed by atoms with E-state index < -0.39 is 22.0 Å². The van der Waals surface area contributed by atoms with Gasteiger partial charge in [-0.2, -0.15) is 0 Å². The summed E-state index contributed by atoms with van der Waals surface area (Å²) in [5.74, 6) is 1.86. The van der Waals surface area contributed by atoms with Gasteiger partial charge in [-0.15, -0.1) is 0 Å². The largest absolute Gasteiger partial charge is 0.493 e. The number of ether oxygens (including phenoxy) is 6. The van der Waals surface area contributed by atoms with Gasteiger partial charge in [0.15, 0.2) is 32.8 Å². The lowest BCUT2D eigenvalue weighted by molar-refractivity contribution is 0.0434. The van der Waals surface area contributed by atoms with Crippen LogP contribution >= 0.6 is 0 Å². The predicted molar refractivity (Wildman–Crippen MR) is 163 cm³/mol. The Labute approximate surface area is 254 Å². The van der Waals surface area contributed by atoms with Crippen LogP contribution in [0.25, 0.3) is 0 Å². The van der Waals surface area contributed by atoms with Gasteiger partial charge >= 0.3 is 0 Å². The van der Waals surface area contributed by atoms with Gasteiger partial charge in [0, 0.05) is 0 Å². The van der Waals surface area contributed by atoms with Gasteiger partial charge in [0.1, 0.15) is 11.5 Å². The second-order valence-electron chi connectivity index (χ2n) is 10.6. The van der Waals surface area contributed by atoms with Crippen LogP contribution in [-0.4, -0.2) is 53.3 Å². The minimum Gasteiger partial charge on any atom is -0.493 e. The van der Waals surface area contributed by atoms with Crippen molar-refractivity contribution in [3.05, 3.63) is 71.3 Å². The third kappa shape index (κ3) is 7.93. The minimum absolute atomic E-state index is 0.0435. The van der Waals surface area contributed by atoms with Crippen molar-refractivity contribution in [3.63, 3.8) is 0 Å². The maximum absolute atomic E-state index is 13.7. The molecule has 43 heavy (non-hydrogen) atoms. The van der Waals surface area contributed by atoms with Crippen LogP contribution in [-0.2, 0) is 21.2 Å². The van der Waals surface area contributed by atoms with Crippen LogP contribution in [0, 0.1) is 0 Å². The fourth-order valence-corrected chi connectivity index (χ4v) is 6.68. The Hall–Kier alpha value is -3.47. The molecule has 1 N–H and O–H groups in total. The number of sulfone groups is 1. The van der Waals surface area contributed by atoms with E-state index >= 15 is 0 Å². The molecule has 1 fully saturated rings. The highest BCUT2D eigenvalue weighted by Gasteiger charge is 2.33. The molecule has 0 bridgehead atoms. The Morgan fingerprint density at radius 3 is 2.02 bits per heavy atom. The number of aliphatic hydroxyl groups excluding tert-OH is 1. The number of aliphatic hydroxyl groups is 1. The van der Waals surface area contributed by atoms with Gasteiger partial charge in [0.2, 0.25) is 5.75 Å². The van der Waals surface area contributed by atoms with Crippen molar-refractivity contribution in [3.8, 4) is 28.7 Å². The first-order chi connectivity index (χ1) is 20.7. The quantitative estimate of drug-likeness (QED) is 0.213. The first-order valence-corrected chi connectivity index (χ1v) is 16.2. The summed E-state index contributed by atoms with van der Waals surface area (Å²) < 4.78 is 62.7. The second kappa shape index (κ2) is 14.8. The summed E-state index contributed by atoms with van der Waals surface area (Å²) in [4.78, 5) is 0.0435. The van der Waals surface area contributed by atoms with Gasteiger partial charge in [-0.05, 0) is 73.6 Å². The first kappa shape index (κ1) is 32.4. The Morgan fingerprint density at radius 2 is 1.47 bits per heavy atom. The van der Waals surface area contributed by atoms with E-state index in [-0.39, 0.29) is 35.5 Å². The Morgan fingerprint density at radius 1 is 0.860 bits per heavy atom. The molecule has 0 amide bonds. The molecular formula is C33H42O9S. The molecule has 1 heterocycles. The number of methoxy groups -OCH3 is 3. The molecule has 9 nitrogen and oxygen atoms in total. The molecular weight excluding hydrogens is 572 g/mol. The molecule has 4 rings (SSSR count). The standard InChI is InChI=1S/C33H42O9S/c1-6-15-40-33-30(41-21-23-10-8-7-9-11-23)19-25(20-31(33)43(35,36)16-14-22(2)34)27-13-12-26(42-27)24-17-28(37-3)32(39-5)29(18-24)38-4/h7-11,17-20,22,26-27,34H,6,12-16,21H2,1-5H3. The number of benzene rings is 3. The summed E-state index contributed by atoms with van der Waals surface area (Å²) in [6, 6.07) is 16.9. The number of hydrogen-bond acceptors (Lipinski definition) is 9. The van der Waals surface area contributed by atoms with E-state index in [4.69, 9.17) is 28.4 Å². The van der Waals surface area contributed by atoms with Crippen LogP contribution in [0.4, 0.5) is 0 Å². The van der Waals surface area contributed by atoms with E-state index in [2.05, 4.69) is 0 Å². The second-order valence-corrected chi connectivity index (χ2v) is 12.7. The molecule has 1 saturated heterocycles. The van der Waals surface area contributed by atoms with Crippen molar-refractivity contribution in [2.24, 2.45) is 0 Å². The monoisotopic (exact) mass is 614 g/mol. The van der Waals surface area contributed by atoms with Gasteiger partial charge < -0.3 is 33.5 Å². The maximum Gasteiger partial charge on any atom is 0.203 e. The molecule has 3 aromatic carbocycles. The van der Waals surface area contributed by atoms with E-state index in [9.17, 15) is 13.5 Å². The van der Waals surface area contributed by atoms with Crippen molar-refractivity contribution in [2.75, 3.05) is 33.7 Å². The average molecular weight is 615 g/mol. The summed E-state index contributed by atoms with van der Waals surface area (Å²) in [6.45, 7) is 4.09. The van der Waals surface area contributed by atoms with Crippen LogP contribution in [0.5, 0.6) is 28.7 Å². The van der Waals surface area contributed by atoms with Crippen molar-refractivity contribution >= 4 is 9.84 Å². The van der Waals surface area contributed by atoms with Gasteiger partial charge in [0.05, 0.1) is 52.0 Å². The molecule has 0 spiro atoms. The SMILES string of the molecule is CCCOc1c(OCc2ccccc2)cc(C2CCC(c3cc(OC)c(OC)c(OC)c3)O2)cc1S(=O)(=O)CCC(C)O. The highest BCUT2D eigenvalue weighted by Crippen LogP contribution is 2.48. The van der Waals surface area contributed by atoms with Crippen LogP contribution in [0.1, 0.15) is 68.4 Å². The Kier molecular flexibility index (Phi) is 11.2. The van der Waals surface area contributed by atoms with E-state index in [1.54, 1.807) is 34.3 Å². The zero-order chi connectivity index (χ0) is 31.0. The van der Waals surface area contributed by atoms with Crippen LogP contribution < -0.4 is 23.7 Å². The smallest absolute Gasteiger partial charge is 0.203 e. The molecule has 0 radical (unpaired) electrons. The third-order valence-electron chi connectivity index (χ3n) is 7.32. The van der Waals surface area contributed by atoms with E-state index in [0.29, 0.717) is 54.4 Å². The number of rotatable bonds is 15. The first-order valence-electron chi connectivity index (χ1n) is 14.5. The zero-order valence-corrected chi connectivity index (χ0v) is 26.3. The summed E-state index contributed by atoms with van der Waals surface area (Å²) in [5, 5.41) is 9.84. The van der Waals surface area contributed by atoms with E-state index in [0.717, 1.165) is 11.1 Å². The fraction of sp³-hybridized carbons (Fsp3) is 0.455.